The topological polar surface area (TPSA) is 64.2 Å². The fraction of sp³-hybridized carbons (Fsp3) is 0.444. The number of amides is 1. The van der Waals surface area contributed by atoms with Crippen molar-refractivity contribution in [1.82, 2.24) is 14.5 Å². The van der Waals surface area contributed by atoms with Crippen LogP contribution in [0.1, 0.15) is 23.5 Å². The molecule has 2 aromatic rings. The molecule has 0 saturated heterocycles. The standard InChI is InChI=1S/C18H19F5N4O/c19-13-2-1-11(8-14(13)20)7-12(24)9-17(28)26-4-3-16-25-15(18(21,22)23)10-27(16)6-5-26/h1-2,8,10,12H,3-7,9,24H2/t12-/m1/s1. The van der Waals surface area contributed by atoms with Gasteiger partial charge in [-0.15, -0.1) is 0 Å². The number of nitrogens with two attached hydrogens (primary N) is 1. The zero-order valence-corrected chi connectivity index (χ0v) is 14.8. The van der Waals surface area contributed by atoms with Crippen molar-refractivity contribution in [2.24, 2.45) is 5.73 Å². The minimum Gasteiger partial charge on any atom is -0.340 e. The van der Waals surface area contributed by atoms with Gasteiger partial charge in [-0.05, 0) is 24.1 Å². The number of carbonyl (C=O) groups excluding carboxylic acids is 1. The fourth-order valence-electron chi connectivity index (χ4n) is 3.20. The first-order valence-electron chi connectivity index (χ1n) is 8.74. The summed E-state index contributed by atoms with van der Waals surface area (Å²) >= 11 is 0. The van der Waals surface area contributed by atoms with Crippen LogP contribution in [0.15, 0.2) is 24.4 Å². The Labute approximate surface area is 157 Å². The number of halogens is 5. The SMILES string of the molecule is N[C@@H](CC(=O)N1CCc2nc(C(F)(F)F)cn2CC1)Cc1ccc(F)c(F)c1. The van der Waals surface area contributed by atoms with E-state index in [0.29, 0.717) is 5.56 Å². The van der Waals surface area contributed by atoms with E-state index in [-0.39, 0.29) is 50.6 Å². The third-order valence-electron chi connectivity index (χ3n) is 4.64. The van der Waals surface area contributed by atoms with Crippen LogP contribution < -0.4 is 5.73 Å². The Kier molecular flexibility index (Phi) is 5.69. The van der Waals surface area contributed by atoms with Gasteiger partial charge in [-0.3, -0.25) is 4.79 Å². The zero-order valence-electron chi connectivity index (χ0n) is 14.8. The highest BCUT2D eigenvalue weighted by atomic mass is 19.4. The number of rotatable bonds is 4. The van der Waals surface area contributed by atoms with Crippen molar-refractivity contribution in [2.75, 3.05) is 13.1 Å². The molecule has 0 unspecified atom stereocenters. The highest BCUT2D eigenvalue weighted by Crippen LogP contribution is 2.29. The lowest BCUT2D eigenvalue weighted by atomic mass is 10.0. The monoisotopic (exact) mass is 402 g/mol. The second-order valence-corrected chi connectivity index (χ2v) is 6.78. The number of nitrogens with zero attached hydrogens (tertiary/aromatic N) is 3. The molecule has 10 heteroatoms. The number of aromatic nitrogens is 2. The molecule has 5 nitrogen and oxygen atoms in total. The molecule has 1 aliphatic rings. The molecule has 1 aromatic heterocycles. The van der Waals surface area contributed by atoms with E-state index >= 15 is 0 Å². The lowest BCUT2D eigenvalue weighted by molar-refractivity contribution is -0.141. The van der Waals surface area contributed by atoms with Gasteiger partial charge in [0.05, 0.1) is 0 Å². The molecule has 1 atom stereocenters. The Balaban J connectivity index is 1.56. The summed E-state index contributed by atoms with van der Waals surface area (Å²) in [6.07, 6.45) is -3.14. The van der Waals surface area contributed by atoms with Crippen molar-refractivity contribution in [3.8, 4) is 0 Å². The molecule has 0 spiro atoms. The van der Waals surface area contributed by atoms with Gasteiger partial charge in [0.1, 0.15) is 5.82 Å². The summed E-state index contributed by atoms with van der Waals surface area (Å²) in [5, 5.41) is 0. The molecule has 1 aromatic carbocycles. The number of imidazole rings is 1. The van der Waals surface area contributed by atoms with E-state index in [1.54, 1.807) is 0 Å². The number of alkyl halides is 3. The van der Waals surface area contributed by atoms with Crippen molar-refractivity contribution >= 4 is 5.91 Å². The third-order valence-corrected chi connectivity index (χ3v) is 4.64. The van der Waals surface area contributed by atoms with Gasteiger partial charge >= 0.3 is 6.18 Å². The maximum atomic E-state index is 13.3. The minimum absolute atomic E-state index is 0.00485. The number of benzene rings is 1. The van der Waals surface area contributed by atoms with Gasteiger partial charge in [0.25, 0.3) is 0 Å². The van der Waals surface area contributed by atoms with Crippen LogP contribution in [0.2, 0.25) is 0 Å². The van der Waals surface area contributed by atoms with Crippen molar-refractivity contribution in [3.63, 3.8) is 0 Å². The van der Waals surface area contributed by atoms with Crippen LogP contribution in [0.4, 0.5) is 22.0 Å². The van der Waals surface area contributed by atoms with Gasteiger partial charge in [0.15, 0.2) is 17.3 Å². The highest BCUT2D eigenvalue weighted by Gasteiger charge is 2.35. The van der Waals surface area contributed by atoms with Crippen LogP contribution in [0, 0.1) is 11.6 Å². The molecular weight excluding hydrogens is 383 g/mol. The van der Waals surface area contributed by atoms with Crippen molar-refractivity contribution < 1.29 is 26.7 Å². The molecule has 0 saturated carbocycles. The van der Waals surface area contributed by atoms with E-state index in [2.05, 4.69) is 4.98 Å². The van der Waals surface area contributed by atoms with Crippen LogP contribution >= 0.6 is 0 Å². The summed E-state index contributed by atoms with van der Waals surface area (Å²) in [6, 6.07) is 2.87. The Morgan fingerprint density at radius 2 is 1.93 bits per heavy atom. The Bertz CT molecular complexity index is 839. The summed E-state index contributed by atoms with van der Waals surface area (Å²) in [5.41, 5.74) is 5.51. The Morgan fingerprint density at radius 1 is 1.18 bits per heavy atom. The van der Waals surface area contributed by atoms with Gasteiger partial charge in [-0.2, -0.15) is 13.2 Å². The van der Waals surface area contributed by atoms with Crippen LogP contribution in [-0.4, -0.2) is 39.5 Å². The summed E-state index contributed by atoms with van der Waals surface area (Å²) in [4.78, 5) is 17.6. The predicted octanol–water partition coefficient (Wildman–Crippen LogP) is 2.52. The van der Waals surface area contributed by atoms with E-state index in [0.717, 1.165) is 18.3 Å². The quantitative estimate of drug-likeness (QED) is 0.800. The number of carbonyl (C=O) groups is 1. The van der Waals surface area contributed by atoms with Gasteiger partial charge < -0.3 is 15.2 Å². The van der Waals surface area contributed by atoms with Crippen molar-refractivity contribution in [1.29, 1.82) is 0 Å². The fourth-order valence-corrected chi connectivity index (χ4v) is 3.20. The molecule has 3 rings (SSSR count). The van der Waals surface area contributed by atoms with E-state index in [9.17, 15) is 26.7 Å². The van der Waals surface area contributed by atoms with Gasteiger partial charge in [-0.25, -0.2) is 13.8 Å². The normalized spacial score (nSPS) is 15.9. The second kappa shape index (κ2) is 7.86. The molecule has 0 radical (unpaired) electrons. The summed E-state index contributed by atoms with van der Waals surface area (Å²) in [5.74, 6) is -1.88. The number of hydrogen-bond acceptors (Lipinski definition) is 3. The van der Waals surface area contributed by atoms with E-state index in [4.69, 9.17) is 5.73 Å². The first-order chi connectivity index (χ1) is 13.1. The minimum atomic E-state index is -4.50. The van der Waals surface area contributed by atoms with E-state index in [1.807, 2.05) is 0 Å². The molecule has 2 heterocycles. The largest absolute Gasteiger partial charge is 0.434 e. The molecule has 152 valence electrons. The molecule has 1 amide bonds. The summed E-state index contributed by atoms with van der Waals surface area (Å²) in [6.45, 7) is 0.699. The number of hydrogen-bond donors (Lipinski definition) is 1. The summed E-state index contributed by atoms with van der Waals surface area (Å²) < 4.78 is 65.9. The smallest absolute Gasteiger partial charge is 0.340 e. The van der Waals surface area contributed by atoms with E-state index in [1.165, 1.54) is 15.5 Å². The van der Waals surface area contributed by atoms with Crippen molar-refractivity contribution in [3.05, 3.63) is 53.1 Å². The Hall–Kier alpha value is -2.49. The lowest BCUT2D eigenvalue weighted by Gasteiger charge is -2.22. The molecule has 0 bridgehead atoms. The van der Waals surface area contributed by atoms with Crippen molar-refractivity contribution in [2.45, 2.75) is 38.0 Å². The second-order valence-electron chi connectivity index (χ2n) is 6.78. The molecule has 0 aliphatic carbocycles. The summed E-state index contributed by atoms with van der Waals surface area (Å²) in [7, 11) is 0. The molecule has 28 heavy (non-hydrogen) atoms. The van der Waals surface area contributed by atoms with E-state index < -0.39 is 29.5 Å². The van der Waals surface area contributed by atoms with Gasteiger partial charge in [0.2, 0.25) is 5.91 Å². The molecular formula is C18H19F5N4O. The highest BCUT2D eigenvalue weighted by molar-refractivity contribution is 5.76. The first kappa shape index (κ1) is 20.2. The third kappa shape index (κ3) is 4.67. The number of fused-ring (bicyclic) bond motifs is 1. The predicted molar refractivity (Wildman–Crippen MR) is 90.2 cm³/mol. The van der Waals surface area contributed by atoms with Crippen LogP contribution in [0.3, 0.4) is 0 Å². The van der Waals surface area contributed by atoms with Gasteiger partial charge in [0, 0.05) is 44.7 Å². The maximum absolute atomic E-state index is 13.3. The van der Waals surface area contributed by atoms with Crippen LogP contribution in [0.25, 0.3) is 0 Å². The first-order valence-corrected chi connectivity index (χ1v) is 8.74. The lowest BCUT2D eigenvalue weighted by Crippen LogP contribution is -2.38. The molecule has 0 fully saturated rings. The van der Waals surface area contributed by atoms with Crippen LogP contribution in [0.5, 0.6) is 0 Å². The average Bonchev–Trinajstić information content (AvgIpc) is 2.92. The zero-order chi connectivity index (χ0) is 20.5. The maximum Gasteiger partial charge on any atom is 0.434 e. The Morgan fingerprint density at radius 3 is 2.61 bits per heavy atom. The average molecular weight is 402 g/mol. The van der Waals surface area contributed by atoms with Crippen LogP contribution in [-0.2, 0) is 30.4 Å². The molecule has 1 aliphatic heterocycles. The van der Waals surface area contributed by atoms with Gasteiger partial charge in [-0.1, -0.05) is 6.07 Å². The molecule has 2 N–H and O–H groups in total.